The van der Waals surface area contributed by atoms with Gasteiger partial charge in [0.1, 0.15) is 0 Å². The summed E-state index contributed by atoms with van der Waals surface area (Å²) in [4.78, 5) is 0. The Hall–Kier alpha value is -0.340. The lowest BCUT2D eigenvalue weighted by atomic mass is 9.73. The fourth-order valence-corrected chi connectivity index (χ4v) is 3.62. The molecule has 0 heterocycles. The van der Waals surface area contributed by atoms with E-state index in [-0.39, 0.29) is 5.41 Å². The van der Waals surface area contributed by atoms with Gasteiger partial charge in [-0.15, -0.1) is 0 Å². The molecule has 0 aliphatic rings. The van der Waals surface area contributed by atoms with Crippen LogP contribution in [0.5, 0.6) is 0 Å². The molecule has 1 nitrogen and oxygen atoms in total. The SMILES string of the molecule is CCCC(CCC)(CNC(C)C)c1ccccc1Br. The molecule has 0 aliphatic carbocycles. The van der Waals surface area contributed by atoms with Gasteiger partial charge < -0.3 is 5.32 Å². The normalized spacial score (nSPS) is 12.1. The first-order valence-electron chi connectivity index (χ1n) is 7.54. The van der Waals surface area contributed by atoms with Gasteiger partial charge in [-0.25, -0.2) is 0 Å². The standard InChI is InChI=1S/C17H28BrN/c1-5-11-17(12-6-2,13-19-14(3)4)15-9-7-8-10-16(15)18/h7-10,14,19H,5-6,11-13H2,1-4H3. The molecule has 0 aliphatic heterocycles. The van der Waals surface area contributed by atoms with Crippen LogP contribution in [-0.4, -0.2) is 12.6 Å². The van der Waals surface area contributed by atoms with E-state index in [1.807, 2.05) is 0 Å². The molecular weight excluding hydrogens is 298 g/mol. The molecule has 1 rings (SSSR count). The number of hydrogen-bond acceptors (Lipinski definition) is 1. The van der Waals surface area contributed by atoms with Crippen LogP contribution in [-0.2, 0) is 5.41 Å². The van der Waals surface area contributed by atoms with E-state index in [1.165, 1.54) is 35.7 Å². The molecule has 1 aromatic rings. The molecule has 0 saturated carbocycles. The summed E-state index contributed by atoms with van der Waals surface area (Å²) >= 11 is 3.75. The zero-order chi connectivity index (χ0) is 14.3. The minimum atomic E-state index is 0.258. The maximum atomic E-state index is 3.75. The Balaban J connectivity index is 3.10. The van der Waals surface area contributed by atoms with Crippen molar-refractivity contribution >= 4 is 15.9 Å². The second-order valence-electron chi connectivity index (χ2n) is 5.80. The van der Waals surface area contributed by atoms with Gasteiger partial charge in [0.15, 0.2) is 0 Å². The zero-order valence-corrected chi connectivity index (χ0v) is 14.4. The molecule has 0 bridgehead atoms. The Morgan fingerprint density at radius 2 is 1.68 bits per heavy atom. The van der Waals surface area contributed by atoms with E-state index in [2.05, 4.69) is 73.2 Å². The van der Waals surface area contributed by atoms with Crippen LogP contribution in [0, 0.1) is 0 Å². The summed E-state index contributed by atoms with van der Waals surface area (Å²) < 4.78 is 1.25. The van der Waals surface area contributed by atoms with E-state index in [9.17, 15) is 0 Å². The molecule has 0 aromatic heterocycles. The van der Waals surface area contributed by atoms with Crippen molar-refractivity contribution in [3.8, 4) is 0 Å². The van der Waals surface area contributed by atoms with Crippen LogP contribution in [0.3, 0.4) is 0 Å². The van der Waals surface area contributed by atoms with Crippen LogP contribution >= 0.6 is 15.9 Å². The van der Waals surface area contributed by atoms with Crippen molar-refractivity contribution in [2.45, 2.75) is 64.8 Å². The highest BCUT2D eigenvalue weighted by Gasteiger charge is 2.31. The van der Waals surface area contributed by atoms with Gasteiger partial charge in [0, 0.05) is 22.5 Å². The summed E-state index contributed by atoms with van der Waals surface area (Å²) in [6.07, 6.45) is 4.93. The van der Waals surface area contributed by atoms with Crippen LogP contribution in [0.15, 0.2) is 28.7 Å². The Morgan fingerprint density at radius 1 is 1.11 bits per heavy atom. The van der Waals surface area contributed by atoms with Crippen LogP contribution < -0.4 is 5.32 Å². The first kappa shape index (κ1) is 16.7. The third kappa shape index (κ3) is 4.61. The lowest BCUT2D eigenvalue weighted by Gasteiger charge is -2.36. The van der Waals surface area contributed by atoms with Crippen LogP contribution in [0.25, 0.3) is 0 Å². The zero-order valence-electron chi connectivity index (χ0n) is 12.8. The van der Waals surface area contributed by atoms with Gasteiger partial charge in [-0.3, -0.25) is 0 Å². The second kappa shape index (κ2) is 8.06. The lowest BCUT2D eigenvalue weighted by molar-refractivity contribution is 0.323. The summed E-state index contributed by atoms with van der Waals surface area (Å²) in [5.74, 6) is 0. The minimum absolute atomic E-state index is 0.258. The van der Waals surface area contributed by atoms with Gasteiger partial charge in [-0.2, -0.15) is 0 Å². The minimum Gasteiger partial charge on any atom is -0.314 e. The van der Waals surface area contributed by atoms with E-state index in [1.54, 1.807) is 0 Å². The van der Waals surface area contributed by atoms with Crippen molar-refractivity contribution in [3.05, 3.63) is 34.3 Å². The topological polar surface area (TPSA) is 12.0 Å². The molecule has 1 aromatic carbocycles. The maximum Gasteiger partial charge on any atom is 0.0213 e. The van der Waals surface area contributed by atoms with E-state index >= 15 is 0 Å². The summed E-state index contributed by atoms with van der Waals surface area (Å²) in [5.41, 5.74) is 1.72. The van der Waals surface area contributed by atoms with Crippen molar-refractivity contribution in [3.63, 3.8) is 0 Å². The Kier molecular flexibility index (Phi) is 7.09. The van der Waals surface area contributed by atoms with Gasteiger partial charge in [0.25, 0.3) is 0 Å². The average Bonchev–Trinajstić information content (AvgIpc) is 2.37. The van der Waals surface area contributed by atoms with Crippen LogP contribution in [0.1, 0.15) is 58.9 Å². The highest BCUT2D eigenvalue weighted by atomic mass is 79.9. The van der Waals surface area contributed by atoms with Gasteiger partial charge >= 0.3 is 0 Å². The molecule has 19 heavy (non-hydrogen) atoms. The van der Waals surface area contributed by atoms with E-state index in [4.69, 9.17) is 0 Å². The quantitative estimate of drug-likeness (QED) is 0.685. The summed E-state index contributed by atoms with van der Waals surface area (Å²) in [6, 6.07) is 9.26. The summed E-state index contributed by atoms with van der Waals surface area (Å²) in [7, 11) is 0. The molecule has 1 N–H and O–H groups in total. The fourth-order valence-electron chi connectivity index (χ4n) is 2.91. The third-order valence-corrected chi connectivity index (χ3v) is 4.44. The third-order valence-electron chi connectivity index (χ3n) is 3.75. The number of benzene rings is 1. The Labute approximate surface area is 127 Å². The molecule has 0 unspecified atom stereocenters. The molecule has 2 heteroatoms. The summed E-state index contributed by atoms with van der Waals surface area (Å²) in [5, 5.41) is 3.66. The first-order chi connectivity index (χ1) is 9.05. The number of rotatable bonds is 8. The van der Waals surface area contributed by atoms with Crippen LogP contribution in [0.2, 0.25) is 0 Å². The fraction of sp³-hybridized carbons (Fsp3) is 0.647. The smallest absolute Gasteiger partial charge is 0.0213 e. The molecular formula is C17H28BrN. The second-order valence-corrected chi connectivity index (χ2v) is 6.65. The molecule has 0 saturated heterocycles. The van der Waals surface area contributed by atoms with Gasteiger partial charge in [0.2, 0.25) is 0 Å². The Bertz CT molecular complexity index is 367. The van der Waals surface area contributed by atoms with Crippen molar-refractivity contribution in [1.29, 1.82) is 0 Å². The number of hydrogen-bond donors (Lipinski definition) is 1. The maximum absolute atomic E-state index is 3.75. The van der Waals surface area contributed by atoms with E-state index in [0.29, 0.717) is 6.04 Å². The van der Waals surface area contributed by atoms with Crippen LogP contribution in [0.4, 0.5) is 0 Å². The predicted octanol–water partition coefficient (Wildman–Crippen LogP) is 5.29. The monoisotopic (exact) mass is 325 g/mol. The van der Waals surface area contributed by atoms with Crippen molar-refractivity contribution in [1.82, 2.24) is 5.32 Å². The molecule has 0 radical (unpaired) electrons. The van der Waals surface area contributed by atoms with Gasteiger partial charge in [0.05, 0.1) is 0 Å². The van der Waals surface area contributed by atoms with Gasteiger partial charge in [-0.1, -0.05) is 74.7 Å². The highest BCUT2D eigenvalue weighted by molar-refractivity contribution is 9.10. The van der Waals surface area contributed by atoms with Crippen molar-refractivity contribution < 1.29 is 0 Å². The molecule has 108 valence electrons. The van der Waals surface area contributed by atoms with Crippen molar-refractivity contribution in [2.24, 2.45) is 0 Å². The molecule has 0 amide bonds. The Morgan fingerprint density at radius 3 is 2.16 bits per heavy atom. The van der Waals surface area contributed by atoms with E-state index in [0.717, 1.165) is 6.54 Å². The number of nitrogens with one attached hydrogen (secondary N) is 1. The van der Waals surface area contributed by atoms with Gasteiger partial charge in [-0.05, 0) is 24.5 Å². The molecule has 0 fully saturated rings. The highest BCUT2D eigenvalue weighted by Crippen LogP contribution is 2.38. The molecule has 0 spiro atoms. The number of halogens is 1. The average molecular weight is 326 g/mol. The summed E-state index contributed by atoms with van der Waals surface area (Å²) in [6.45, 7) is 10.1. The predicted molar refractivity (Wildman–Crippen MR) is 88.8 cm³/mol. The van der Waals surface area contributed by atoms with Crippen molar-refractivity contribution in [2.75, 3.05) is 6.54 Å². The largest absolute Gasteiger partial charge is 0.314 e. The van der Waals surface area contributed by atoms with E-state index < -0.39 is 0 Å². The molecule has 0 atom stereocenters. The first-order valence-corrected chi connectivity index (χ1v) is 8.33. The lowest BCUT2D eigenvalue weighted by Crippen LogP contribution is -2.41.